The van der Waals surface area contributed by atoms with Gasteiger partial charge < -0.3 is 5.11 Å². The molecule has 0 spiro atoms. The Morgan fingerprint density at radius 1 is 1.07 bits per heavy atom. The molecule has 0 radical (unpaired) electrons. The summed E-state index contributed by atoms with van der Waals surface area (Å²) in [5.74, 6) is 0.298. The number of carbonyl (C=O) groups excluding carboxylic acids is 1. The molecule has 28 heavy (non-hydrogen) atoms. The zero-order valence-electron chi connectivity index (χ0n) is 16.1. The fraction of sp³-hybridized carbons (Fsp3) is 0.545. The van der Waals surface area contributed by atoms with Crippen LogP contribution in [0.15, 0.2) is 32.6 Å². The van der Waals surface area contributed by atoms with Crippen molar-refractivity contribution in [3.05, 3.63) is 33.1 Å². The summed E-state index contributed by atoms with van der Waals surface area (Å²) in [7, 11) is 0. The third-order valence-corrected chi connectivity index (χ3v) is 7.55. The van der Waals surface area contributed by atoms with Crippen LogP contribution in [0.2, 0.25) is 0 Å². The molecular formula is C22H27BrN2O2S. The average Bonchev–Trinajstić information content (AvgIpc) is 3.01. The van der Waals surface area contributed by atoms with Crippen LogP contribution in [0.4, 0.5) is 0 Å². The lowest BCUT2D eigenvalue weighted by atomic mass is 9.94. The molecule has 0 atom stereocenters. The number of amides is 1. The number of hydrogen-bond donors (Lipinski definition) is 1. The van der Waals surface area contributed by atoms with Crippen LogP contribution in [0, 0.1) is 0 Å². The first-order valence-electron chi connectivity index (χ1n) is 10.4. The molecule has 150 valence electrons. The molecule has 2 aliphatic carbocycles. The maximum atomic E-state index is 13.3. The van der Waals surface area contributed by atoms with Gasteiger partial charge in [0.2, 0.25) is 0 Å². The Morgan fingerprint density at radius 3 is 2.43 bits per heavy atom. The number of hydrogen-bond acceptors (Lipinski definition) is 4. The first kappa shape index (κ1) is 20.0. The summed E-state index contributed by atoms with van der Waals surface area (Å²) in [6, 6.07) is 5.97. The SMILES string of the molecule is O=C1C(=Cc2ccc(O)c(Br)c2)SC(=NC2CCCCC2)N1C1CCCCC1. The normalized spacial score (nSPS) is 25.2. The number of carbonyl (C=O) groups is 1. The van der Waals surface area contributed by atoms with E-state index >= 15 is 0 Å². The summed E-state index contributed by atoms with van der Waals surface area (Å²) < 4.78 is 0.637. The fourth-order valence-corrected chi connectivity index (χ4v) is 5.87. The van der Waals surface area contributed by atoms with Gasteiger partial charge in [0, 0.05) is 6.04 Å². The number of rotatable bonds is 3. The Morgan fingerprint density at radius 2 is 1.75 bits per heavy atom. The molecule has 3 aliphatic rings. The first-order valence-corrected chi connectivity index (χ1v) is 12.0. The number of phenols is 1. The monoisotopic (exact) mass is 462 g/mol. The number of benzene rings is 1. The van der Waals surface area contributed by atoms with E-state index in [2.05, 4.69) is 15.9 Å². The third kappa shape index (κ3) is 4.48. The second kappa shape index (κ2) is 9.04. The minimum atomic E-state index is 0.0932. The van der Waals surface area contributed by atoms with E-state index < -0.39 is 0 Å². The average molecular weight is 463 g/mol. The summed E-state index contributed by atoms with van der Waals surface area (Å²) >= 11 is 4.89. The molecule has 1 N–H and O–H groups in total. The summed E-state index contributed by atoms with van der Waals surface area (Å²) in [5.41, 5.74) is 0.906. The van der Waals surface area contributed by atoms with E-state index in [4.69, 9.17) is 4.99 Å². The summed E-state index contributed by atoms with van der Waals surface area (Å²) in [5, 5.41) is 10.6. The van der Waals surface area contributed by atoms with Crippen molar-refractivity contribution in [3.63, 3.8) is 0 Å². The van der Waals surface area contributed by atoms with E-state index in [0.29, 0.717) is 10.5 Å². The van der Waals surface area contributed by atoms with Crippen molar-refractivity contribution in [2.24, 2.45) is 4.99 Å². The summed E-state index contributed by atoms with van der Waals surface area (Å²) in [6.45, 7) is 0. The Balaban J connectivity index is 1.63. The lowest BCUT2D eigenvalue weighted by Crippen LogP contribution is -2.41. The second-order valence-electron chi connectivity index (χ2n) is 7.99. The largest absolute Gasteiger partial charge is 0.507 e. The van der Waals surface area contributed by atoms with Gasteiger partial charge in [0.25, 0.3) is 5.91 Å². The lowest BCUT2D eigenvalue weighted by molar-refractivity contribution is -0.124. The van der Waals surface area contributed by atoms with Crippen molar-refractivity contribution in [1.29, 1.82) is 0 Å². The highest BCUT2D eigenvalue weighted by Crippen LogP contribution is 2.39. The van der Waals surface area contributed by atoms with Crippen LogP contribution in [0.1, 0.15) is 69.8 Å². The van der Waals surface area contributed by atoms with Crippen LogP contribution >= 0.6 is 27.7 Å². The van der Waals surface area contributed by atoms with Crippen molar-refractivity contribution in [1.82, 2.24) is 4.90 Å². The van der Waals surface area contributed by atoms with Crippen LogP contribution in [-0.2, 0) is 4.79 Å². The Hall–Kier alpha value is -1.27. The van der Waals surface area contributed by atoms with Crippen molar-refractivity contribution in [2.45, 2.75) is 76.3 Å². The molecule has 1 aromatic rings. The van der Waals surface area contributed by atoms with E-state index in [1.54, 1.807) is 6.07 Å². The van der Waals surface area contributed by atoms with Crippen molar-refractivity contribution in [2.75, 3.05) is 0 Å². The van der Waals surface area contributed by atoms with Gasteiger partial charge in [-0.05, 0) is 77.1 Å². The minimum Gasteiger partial charge on any atom is -0.507 e. The number of thioether (sulfide) groups is 1. The molecule has 4 rings (SSSR count). The van der Waals surface area contributed by atoms with Crippen LogP contribution in [0.3, 0.4) is 0 Å². The number of nitrogens with zero attached hydrogens (tertiary/aromatic N) is 2. The maximum Gasteiger partial charge on any atom is 0.266 e. The second-order valence-corrected chi connectivity index (χ2v) is 9.86. The number of aliphatic imine (C=N–C) groups is 1. The van der Waals surface area contributed by atoms with Gasteiger partial charge in [-0.15, -0.1) is 0 Å². The molecule has 0 bridgehead atoms. The van der Waals surface area contributed by atoms with Gasteiger partial charge in [0.15, 0.2) is 5.17 Å². The first-order chi connectivity index (χ1) is 13.6. The zero-order valence-corrected chi connectivity index (χ0v) is 18.5. The van der Waals surface area contributed by atoms with E-state index in [9.17, 15) is 9.90 Å². The van der Waals surface area contributed by atoms with E-state index in [0.717, 1.165) is 41.3 Å². The maximum absolute atomic E-state index is 13.3. The smallest absolute Gasteiger partial charge is 0.266 e. The molecule has 2 saturated carbocycles. The topological polar surface area (TPSA) is 52.9 Å². The molecule has 4 nitrogen and oxygen atoms in total. The summed E-state index contributed by atoms with van der Waals surface area (Å²) in [6.07, 6.45) is 13.8. The van der Waals surface area contributed by atoms with Gasteiger partial charge >= 0.3 is 0 Å². The van der Waals surface area contributed by atoms with E-state index in [1.165, 1.54) is 50.3 Å². The van der Waals surface area contributed by atoms with Crippen LogP contribution in [-0.4, -0.2) is 33.2 Å². The Labute approximate surface area is 179 Å². The Kier molecular flexibility index (Phi) is 6.46. The zero-order chi connectivity index (χ0) is 19.5. The molecule has 3 fully saturated rings. The molecule has 0 aromatic heterocycles. The Bertz CT molecular complexity index is 796. The quantitative estimate of drug-likeness (QED) is 0.552. The van der Waals surface area contributed by atoms with Gasteiger partial charge in [-0.25, -0.2) is 0 Å². The van der Waals surface area contributed by atoms with Crippen molar-refractivity contribution in [3.8, 4) is 5.75 Å². The third-order valence-electron chi connectivity index (χ3n) is 5.91. The van der Waals surface area contributed by atoms with Crippen molar-refractivity contribution < 1.29 is 9.90 Å². The number of phenolic OH excluding ortho intramolecular Hbond substituents is 1. The summed E-state index contributed by atoms with van der Waals surface area (Å²) in [4.78, 5) is 21.1. The van der Waals surface area contributed by atoms with E-state index in [1.807, 2.05) is 23.1 Å². The van der Waals surface area contributed by atoms with Gasteiger partial charge in [-0.2, -0.15) is 0 Å². The van der Waals surface area contributed by atoms with Gasteiger partial charge in [-0.3, -0.25) is 14.7 Å². The molecule has 6 heteroatoms. The van der Waals surface area contributed by atoms with E-state index in [-0.39, 0.29) is 17.7 Å². The highest BCUT2D eigenvalue weighted by molar-refractivity contribution is 9.10. The highest BCUT2D eigenvalue weighted by atomic mass is 79.9. The minimum absolute atomic E-state index is 0.0932. The van der Waals surface area contributed by atoms with Crippen LogP contribution < -0.4 is 0 Å². The van der Waals surface area contributed by atoms with Crippen molar-refractivity contribution >= 4 is 44.8 Å². The van der Waals surface area contributed by atoms with Crippen LogP contribution in [0.5, 0.6) is 5.75 Å². The standard InChI is InChI=1S/C22H27BrN2O2S/c23-18-13-15(11-12-19(18)26)14-20-21(27)25(17-9-5-2-6-10-17)22(28-20)24-16-7-3-1-4-8-16/h11-14,16-17,26H,1-10H2. The number of aromatic hydroxyl groups is 1. The van der Waals surface area contributed by atoms with Crippen LogP contribution in [0.25, 0.3) is 6.08 Å². The van der Waals surface area contributed by atoms with Gasteiger partial charge in [-0.1, -0.05) is 44.6 Å². The molecule has 1 aromatic carbocycles. The molecule has 1 saturated heterocycles. The molecule has 1 heterocycles. The molecule has 1 aliphatic heterocycles. The number of amidine groups is 1. The number of halogens is 1. The molecule has 1 amide bonds. The fourth-order valence-electron chi connectivity index (χ4n) is 4.37. The lowest BCUT2D eigenvalue weighted by Gasteiger charge is -2.31. The highest BCUT2D eigenvalue weighted by Gasteiger charge is 2.39. The van der Waals surface area contributed by atoms with Gasteiger partial charge in [0.05, 0.1) is 15.4 Å². The predicted octanol–water partition coefficient (Wildman–Crippen LogP) is 6.09. The molecular weight excluding hydrogens is 436 g/mol. The predicted molar refractivity (Wildman–Crippen MR) is 119 cm³/mol. The van der Waals surface area contributed by atoms with Gasteiger partial charge in [0.1, 0.15) is 5.75 Å². The molecule has 0 unspecified atom stereocenters.